The van der Waals surface area contributed by atoms with E-state index in [0.717, 1.165) is 22.8 Å². The van der Waals surface area contributed by atoms with Gasteiger partial charge >= 0.3 is 0 Å². The van der Waals surface area contributed by atoms with Gasteiger partial charge in [0.1, 0.15) is 0 Å². The number of nitrogens with one attached hydrogen (secondary N) is 1. The molecule has 0 spiro atoms. The van der Waals surface area contributed by atoms with Crippen LogP contribution in [0.2, 0.25) is 0 Å². The zero-order valence-electron chi connectivity index (χ0n) is 18.4. The Morgan fingerprint density at radius 2 is 1.57 bits per heavy atom. The molecule has 28 heavy (non-hydrogen) atoms. The van der Waals surface area contributed by atoms with E-state index in [1.54, 1.807) is 0 Å². The Kier molecular flexibility index (Phi) is 19.7. The van der Waals surface area contributed by atoms with Crippen molar-refractivity contribution in [2.75, 3.05) is 5.75 Å². The van der Waals surface area contributed by atoms with Crippen LogP contribution in [0, 0.1) is 0 Å². The fourth-order valence-corrected chi connectivity index (χ4v) is 2.54. The number of rotatable bonds is 10. The quantitative estimate of drug-likeness (QED) is 0.243. The average Bonchev–Trinajstić information content (AvgIpc) is 2.62. The van der Waals surface area contributed by atoms with Crippen LogP contribution in [0.3, 0.4) is 0 Å². The van der Waals surface area contributed by atoms with Crippen molar-refractivity contribution >= 4 is 25.3 Å². The van der Waals surface area contributed by atoms with E-state index in [2.05, 4.69) is 71.1 Å². The molecule has 0 heterocycles. The summed E-state index contributed by atoms with van der Waals surface area (Å²) in [5.74, 6) is 1.04. The lowest BCUT2D eigenvalue weighted by Crippen LogP contribution is -2.34. The van der Waals surface area contributed by atoms with Crippen LogP contribution in [-0.4, -0.2) is 11.8 Å². The van der Waals surface area contributed by atoms with Crippen LogP contribution in [0.4, 0.5) is 0 Å². The maximum Gasteiger partial charge on any atom is 0.0688 e. The number of hydrogen-bond donors (Lipinski definition) is 4. The third kappa shape index (κ3) is 19.5. The molecular formula is C24H42N2S2. The minimum absolute atomic E-state index is 0.0308. The lowest BCUT2D eigenvalue weighted by molar-refractivity contribution is 0.631. The minimum Gasteiger partial charge on any atom is -0.401 e. The van der Waals surface area contributed by atoms with Crippen molar-refractivity contribution < 1.29 is 0 Å². The van der Waals surface area contributed by atoms with Gasteiger partial charge in [0.05, 0.1) is 6.04 Å². The summed E-state index contributed by atoms with van der Waals surface area (Å²) in [5, 5.41) is 3.20. The van der Waals surface area contributed by atoms with Crippen molar-refractivity contribution in [1.82, 2.24) is 5.32 Å². The van der Waals surface area contributed by atoms with Crippen LogP contribution in [0.5, 0.6) is 0 Å². The second kappa shape index (κ2) is 19.1. The first kappa shape index (κ1) is 28.9. The van der Waals surface area contributed by atoms with Crippen LogP contribution in [0.25, 0.3) is 0 Å². The average molecular weight is 423 g/mol. The summed E-state index contributed by atoms with van der Waals surface area (Å²) < 4.78 is 0. The molecule has 3 N–H and O–H groups in total. The molecule has 0 fully saturated rings. The first-order chi connectivity index (χ1) is 13.2. The molecule has 0 aliphatic heterocycles. The van der Waals surface area contributed by atoms with E-state index in [0.29, 0.717) is 5.70 Å². The van der Waals surface area contributed by atoms with Crippen molar-refractivity contribution in [3.05, 3.63) is 66.5 Å². The summed E-state index contributed by atoms with van der Waals surface area (Å²) in [6, 6.07) is 8.05. The van der Waals surface area contributed by atoms with Gasteiger partial charge in [-0.25, -0.2) is 0 Å². The van der Waals surface area contributed by atoms with Gasteiger partial charge in [0.2, 0.25) is 0 Å². The second-order valence-electron chi connectivity index (χ2n) is 7.06. The zero-order chi connectivity index (χ0) is 21.9. The Morgan fingerprint density at radius 3 is 1.86 bits per heavy atom. The normalized spacial score (nSPS) is 10.5. The smallest absolute Gasteiger partial charge is 0.0688 e. The maximum atomic E-state index is 5.75. The molecule has 160 valence electrons. The van der Waals surface area contributed by atoms with Crippen LogP contribution in [-0.2, 0) is 6.42 Å². The standard InChI is InChI=1S/C13H18N2S.C7H14.C4H10S/c1-9(2)15-13(10(3)14)8-11-4-6-12(16)7-5-11;1-4-5-6-7(2)3;1-2-3-4-5/h4-7,13,15-16H,1,3,8,14H2,2H3;2,4-6H2,1,3H3;5H,2-4H2,1H3. The minimum atomic E-state index is 0.0308. The molecule has 2 nitrogen and oxygen atoms in total. The van der Waals surface area contributed by atoms with Crippen molar-refractivity contribution in [3.63, 3.8) is 0 Å². The van der Waals surface area contributed by atoms with Crippen LogP contribution >= 0.6 is 25.3 Å². The molecular weight excluding hydrogens is 380 g/mol. The van der Waals surface area contributed by atoms with Gasteiger partial charge in [-0.1, -0.05) is 57.6 Å². The second-order valence-corrected chi connectivity index (χ2v) is 8.02. The fourth-order valence-electron chi connectivity index (χ4n) is 2.08. The summed E-state index contributed by atoms with van der Waals surface area (Å²) in [5.41, 5.74) is 9.77. The van der Waals surface area contributed by atoms with E-state index in [-0.39, 0.29) is 6.04 Å². The predicted molar refractivity (Wildman–Crippen MR) is 136 cm³/mol. The largest absolute Gasteiger partial charge is 0.401 e. The topological polar surface area (TPSA) is 38.0 Å². The highest BCUT2D eigenvalue weighted by Crippen LogP contribution is 2.11. The van der Waals surface area contributed by atoms with Crippen molar-refractivity contribution in [3.8, 4) is 0 Å². The number of allylic oxidation sites excluding steroid dienone is 2. The number of thiol groups is 2. The summed E-state index contributed by atoms with van der Waals surface area (Å²) >= 11 is 8.25. The van der Waals surface area contributed by atoms with Gasteiger partial charge in [-0.15, -0.1) is 19.2 Å². The first-order valence-electron chi connectivity index (χ1n) is 10.1. The molecule has 0 aliphatic rings. The summed E-state index contributed by atoms with van der Waals surface area (Å²) in [4.78, 5) is 0.958. The number of nitrogens with two attached hydrogens (primary N) is 1. The molecule has 4 heteroatoms. The number of hydrogen-bond acceptors (Lipinski definition) is 4. The Labute approximate surface area is 185 Å². The molecule has 0 saturated carbocycles. The Balaban J connectivity index is 0. The van der Waals surface area contributed by atoms with E-state index >= 15 is 0 Å². The van der Waals surface area contributed by atoms with E-state index < -0.39 is 0 Å². The molecule has 1 rings (SSSR count). The first-order valence-corrected chi connectivity index (χ1v) is 11.1. The van der Waals surface area contributed by atoms with Gasteiger partial charge in [0.25, 0.3) is 0 Å². The van der Waals surface area contributed by atoms with Crippen molar-refractivity contribution in [2.45, 2.75) is 77.2 Å². The molecule has 0 aromatic heterocycles. The third-order valence-corrected chi connectivity index (χ3v) is 4.33. The SMILES string of the molecule is C=C(C)CCCC.C=C(C)NC(Cc1ccc(S)cc1)C(=C)N.CCCCS. The fraction of sp³-hybridized carbons (Fsp3) is 0.500. The van der Waals surface area contributed by atoms with Gasteiger partial charge in [0.15, 0.2) is 0 Å². The summed E-state index contributed by atoms with van der Waals surface area (Å²) in [7, 11) is 0. The van der Waals surface area contributed by atoms with Gasteiger partial charge in [-0.05, 0) is 63.0 Å². The molecule has 1 aromatic carbocycles. The van der Waals surface area contributed by atoms with E-state index in [4.69, 9.17) is 5.73 Å². The van der Waals surface area contributed by atoms with Gasteiger partial charge < -0.3 is 11.1 Å². The molecule has 0 aliphatic carbocycles. The Hall–Kier alpha value is -1.26. The molecule has 0 radical (unpaired) electrons. The van der Waals surface area contributed by atoms with Gasteiger partial charge in [-0.2, -0.15) is 12.6 Å². The van der Waals surface area contributed by atoms with Crippen molar-refractivity contribution in [1.29, 1.82) is 0 Å². The van der Waals surface area contributed by atoms with E-state index in [1.807, 2.05) is 31.2 Å². The number of benzene rings is 1. The van der Waals surface area contributed by atoms with Crippen LogP contribution < -0.4 is 11.1 Å². The molecule has 0 amide bonds. The Morgan fingerprint density at radius 1 is 1.04 bits per heavy atom. The zero-order valence-corrected chi connectivity index (χ0v) is 20.2. The van der Waals surface area contributed by atoms with Gasteiger partial charge in [-0.3, -0.25) is 0 Å². The summed E-state index contributed by atoms with van der Waals surface area (Å²) in [6.45, 7) is 19.7. The molecule has 1 unspecified atom stereocenters. The molecule has 0 saturated heterocycles. The van der Waals surface area contributed by atoms with E-state index in [9.17, 15) is 0 Å². The highest BCUT2D eigenvalue weighted by atomic mass is 32.1. The predicted octanol–water partition coefficient (Wildman–Crippen LogP) is 6.95. The molecule has 1 atom stereocenters. The highest BCUT2D eigenvalue weighted by molar-refractivity contribution is 7.80. The van der Waals surface area contributed by atoms with Crippen LogP contribution in [0.1, 0.15) is 65.4 Å². The highest BCUT2D eigenvalue weighted by Gasteiger charge is 2.10. The molecule has 1 aromatic rings. The third-order valence-electron chi connectivity index (χ3n) is 3.71. The van der Waals surface area contributed by atoms with Gasteiger partial charge in [0, 0.05) is 16.3 Å². The summed E-state index contributed by atoms with van der Waals surface area (Å²) in [6.07, 6.45) is 7.11. The Bertz CT molecular complexity index is 548. The monoisotopic (exact) mass is 422 g/mol. The van der Waals surface area contributed by atoms with Crippen LogP contribution in [0.15, 0.2) is 65.9 Å². The lowest BCUT2D eigenvalue weighted by Gasteiger charge is -2.19. The maximum absolute atomic E-state index is 5.75. The van der Waals surface area contributed by atoms with Crippen molar-refractivity contribution in [2.24, 2.45) is 5.73 Å². The van der Waals surface area contributed by atoms with E-state index in [1.165, 1.54) is 43.2 Å². The molecule has 0 bridgehead atoms. The lowest BCUT2D eigenvalue weighted by atomic mass is 10.0. The number of unbranched alkanes of at least 4 members (excludes halogenated alkanes) is 2.